The van der Waals surface area contributed by atoms with Gasteiger partial charge in [-0.1, -0.05) is 62.3 Å². The van der Waals surface area contributed by atoms with Crippen LogP contribution < -0.4 is 0 Å². The summed E-state index contributed by atoms with van der Waals surface area (Å²) >= 11 is 5.71. The Morgan fingerprint density at radius 1 is 1.21 bits per heavy atom. The summed E-state index contributed by atoms with van der Waals surface area (Å²) in [6, 6.07) is 10.2. The number of benzene rings is 2. The maximum atomic E-state index is 14.2. The molecule has 0 saturated heterocycles. The number of aryl methyl sites for hydroxylation is 1. The fourth-order valence-corrected chi connectivity index (χ4v) is 4.19. The van der Waals surface area contributed by atoms with Crippen molar-refractivity contribution < 1.29 is 19.4 Å². The Bertz CT molecular complexity index is 1100. The number of phenols is 1. The van der Waals surface area contributed by atoms with E-state index < -0.39 is 23.5 Å². The average molecular weight is 414 g/mol. The van der Waals surface area contributed by atoms with E-state index in [2.05, 4.69) is 0 Å². The van der Waals surface area contributed by atoms with Crippen LogP contribution in [0.1, 0.15) is 48.6 Å². The molecule has 1 aromatic heterocycles. The molecular weight excluding hydrogens is 389 g/mol. The molecule has 0 radical (unpaired) electrons. The molecule has 0 fully saturated rings. The number of carboxylic acid groups (broad SMARTS) is 1. The van der Waals surface area contributed by atoms with E-state index in [1.807, 2.05) is 45.0 Å². The Kier molecular flexibility index (Phi) is 5.75. The van der Waals surface area contributed by atoms with Crippen LogP contribution in [0.3, 0.4) is 0 Å². The fraction of sp³-hybridized carbons (Fsp3) is 0.304. The van der Waals surface area contributed by atoms with Gasteiger partial charge in [-0.15, -0.1) is 0 Å². The summed E-state index contributed by atoms with van der Waals surface area (Å²) in [5.74, 6) is -3.18. The maximum absolute atomic E-state index is 14.2. The highest BCUT2D eigenvalue weighted by atomic mass is 32.1. The Morgan fingerprint density at radius 3 is 2.38 bits per heavy atom. The molecule has 0 aliphatic rings. The van der Waals surface area contributed by atoms with Crippen molar-refractivity contribution in [1.29, 1.82) is 0 Å². The number of phenolic OH excluding ortho intramolecular Hbond substituents is 1. The van der Waals surface area contributed by atoms with E-state index in [1.54, 1.807) is 11.5 Å². The van der Waals surface area contributed by atoms with Crippen molar-refractivity contribution in [2.75, 3.05) is 0 Å². The van der Waals surface area contributed by atoms with Crippen molar-refractivity contribution in [3.05, 3.63) is 64.6 Å². The van der Waals surface area contributed by atoms with Crippen molar-refractivity contribution >= 4 is 34.1 Å². The zero-order valence-corrected chi connectivity index (χ0v) is 17.7. The summed E-state index contributed by atoms with van der Waals surface area (Å²) < 4.78 is 16.0. The van der Waals surface area contributed by atoms with Gasteiger partial charge in [-0.05, 0) is 31.4 Å². The summed E-state index contributed by atoms with van der Waals surface area (Å²) in [4.78, 5) is 12.6. The monoisotopic (exact) mass is 413 g/mol. The number of aromatic nitrogens is 1. The van der Waals surface area contributed by atoms with Gasteiger partial charge in [0.2, 0.25) is 0 Å². The van der Waals surface area contributed by atoms with Gasteiger partial charge in [-0.25, -0.2) is 4.39 Å². The molecule has 6 heteroatoms. The van der Waals surface area contributed by atoms with E-state index >= 15 is 0 Å². The maximum Gasteiger partial charge on any atom is 0.311 e. The number of carbonyl (C=O) groups is 1. The number of nitrogens with zero attached hydrogens (tertiary/aromatic N) is 1. The Hall–Kier alpha value is -2.73. The predicted molar refractivity (Wildman–Crippen MR) is 116 cm³/mol. The van der Waals surface area contributed by atoms with Gasteiger partial charge in [-0.2, -0.15) is 0 Å². The average Bonchev–Trinajstić information content (AvgIpc) is 2.93. The number of thiocarbonyl (C=S) groups is 1. The first kappa shape index (κ1) is 21.0. The van der Waals surface area contributed by atoms with Crippen LogP contribution >= 0.6 is 12.2 Å². The first-order valence-electron chi connectivity index (χ1n) is 9.54. The normalized spacial score (nSPS) is 13.4. The highest BCUT2D eigenvalue weighted by molar-refractivity contribution is 7.80. The fourth-order valence-electron chi connectivity index (χ4n) is 3.81. The largest absolute Gasteiger partial charge is 0.505 e. The van der Waals surface area contributed by atoms with Crippen LogP contribution in [0.4, 0.5) is 4.39 Å². The Morgan fingerprint density at radius 2 is 1.83 bits per heavy atom. The molecule has 0 amide bonds. The van der Waals surface area contributed by atoms with Crippen molar-refractivity contribution in [2.45, 2.75) is 40.0 Å². The van der Waals surface area contributed by atoms with E-state index in [-0.39, 0.29) is 5.92 Å². The molecule has 0 saturated carbocycles. The molecule has 1 heterocycles. The number of fused-ring (bicyclic) bond motifs is 1. The minimum atomic E-state index is -0.952. The summed E-state index contributed by atoms with van der Waals surface area (Å²) in [5.41, 5.74) is 3.52. The zero-order valence-electron chi connectivity index (χ0n) is 16.9. The number of aliphatic carboxylic acids is 1. The predicted octanol–water partition coefficient (Wildman–Crippen LogP) is 5.54. The van der Waals surface area contributed by atoms with Crippen molar-refractivity contribution in [2.24, 2.45) is 5.92 Å². The molecule has 4 nitrogen and oxygen atoms in total. The number of aromatic hydroxyl groups is 1. The van der Waals surface area contributed by atoms with Crippen LogP contribution in [0.5, 0.6) is 5.75 Å². The summed E-state index contributed by atoms with van der Waals surface area (Å²) in [7, 11) is 0. The molecule has 29 heavy (non-hydrogen) atoms. The standard InChI is InChI=1S/C23H24FNO3S/c1-5-13(3)20(23(27)28)21-14(4)25(18-11-17(24)19(26)10-16(18)21)22(29)15-8-6-12(2)7-9-15/h6-11,13,20,26H,5H2,1-4H3,(H,27,28)/t13?,20-/m0/s1. The van der Waals surface area contributed by atoms with Crippen LogP contribution in [-0.4, -0.2) is 25.7 Å². The summed E-state index contributed by atoms with van der Waals surface area (Å²) in [6.45, 7) is 7.58. The second-order valence-electron chi connectivity index (χ2n) is 7.53. The van der Waals surface area contributed by atoms with E-state index in [0.29, 0.717) is 33.6 Å². The van der Waals surface area contributed by atoms with E-state index in [0.717, 1.165) is 11.1 Å². The lowest BCUT2D eigenvalue weighted by Crippen LogP contribution is -2.21. The van der Waals surface area contributed by atoms with Gasteiger partial charge in [0.1, 0.15) is 4.99 Å². The smallest absolute Gasteiger partial charge is 0.311 e. The minimum Gasteiger partial charge on any atom is -0.505 e. The SMILES string of the molecule is CCC(C)[C@H](C(=O)O)c1c(C)n(C(=S)c2ccc(C)cc2)c2cc(F)c(O)cc12. The summed E-state index contributed by atoms with van der Waals surface area (Å²) in [6.07, 6.45) is 0.665. The molecule has 3 rings (SSSR count). The van der Waals surface area contributed by atoms with Gasteiger partial charge in [-0.3, -0.25) is 4.79 Å². The molecule has 0 aliphatic carbocycles. The molecule has 0 spiro atoms. The molecule has 1 unspecified atom stereocenters. The third kappa shape index (κ3) is 3.65. The lowest BCUT2D eigenvalue weighted by molar-refractivity contribution is -0.140. The van der Waals surface area contributed by atoms with Crippen molar-refractivity contribution in [3.8, 4) is 5.75 Å². The molecule has 3 aromatic rings. The van der Waals surface area contributed by atoms with Crippen LogP contribution in [0.15, 0.2) is 36.4 Å². The van der Waals surface area contributed by atoms with Gasteiger partial charge in [0, 0.05) is 22.7 Å². The third-order valence-electron chi connectivity index (χ3n) is 5.61. The van der Waals surface area contributed by atoms with Gasteiger partial charge in [0.15, 0.2) is 11.6 Å². The molecule has 0 aliphatic heterocycles. The highest BCUT2D eigenvalue weighted by Crippen LogP contribution is 2.39. The quantitative estimate of drug-likeness (QED) is 0.539. The first-order chi connectivity index (χ1) is 13.7. The molecule has 2 atom stereocenters. The van der Waals surface area contributed by atoms with E-state index in [1.165, 1.54) is 12.1 Å². The second-order valence-corrected chi connectivity index (χ2v) is 7.91. The van der Waals surface area contributed by atoms with Crippen LogP contribution in [0, 0.1) is 25.6 Å². The second kappa shape index (κ2) is 7.95. The topological polar surface area (TPSA) is 62.5 Å². The van der Waals surface area contributed by atoms with Crippen molar-refractivity contribution in [3.63, 3.8) is 0 Å². The van der Waals surface area contributed by atoms with Crippen LogP contribution in [-0.2, 0) is 4.79 Å². The number of halogens is 1. The molecule has 2 aromatic carbocycles. The lowest BCUT2D eigenvalue weighted by atomic mass is 9.84. The number of carboxylic acids is 1. The Labute approximate surface area is 174 Å². The Balaban J connectivity index is 2.35. The first-order valence-corrected chi connectivity index (χ1v) is 9.95. The van der Waals surface area contributed by atoms with Crippen LogP contribution in [0.25, 0.3) is 10.9 Å². The van der Waals surface area contributed by atoms with Gasteiger partial charge >= 0.3 is 5.97 Å². The van der Waals surface area contributed by atoms with E-state index in [9.17, 15) is 19.4 Å². The molecule has 152 valence electrons. The molecule has 2 N–H and O–H groups in total. The van der Waals surface area contributed by atoms with Crippen LogP contribution in [0.2, 0.25) is 0 Å². The van der Waals surface area contributed by atoms with E-state index in [4.69, 9.17) is 12.2 Å². The number of hydrogen-bond donors (Lipinski definition) is 2. The van der Waals surface area contributed by atoms with Crippen molar-refractivity contribution in [1.82, 2.24) is 4.57 Å². The number of rotatable bonds is 5. The zero-order chi connectivity index (χ0) is 21.5. The summed E-state index contributed by atoms with van der Waals surface area (Å²) in [5, 5.41) is 20.4. The lowest BCUT2D eigenvalue weighted by Gasteiger charge is -2.20. The minimum absolute atomic E-state index is 0.148. The third-order valence-corrected chi connectivity index (χ3v) is 6.03. The van der Waals surface area contributed by atoms with Gasteiger partial charge in [0.25, 0.3) is 0 Å². The van der Waals surface area contributed by atoms with Gasteiger partial charge < -0.3 is 14.8 Å². The highest BCUT2D eigenvalue weighted by Gasteiger charge is 2.32. The molecular formula is C23H24FNO3S. The van der Waals surface area contributed by atoms with Gasteiger partial charge in [0.05, 0.1) is 11.4 Å². The number of hydrogen-bond acceptors (Lipinski definition) is 3. The molecule has 0 bridgehead atoms.